The first-order valence-electron chi connectivity index (χ1n) is 39.7. The molecule has 6 N–H and O–H groups in total. The summed E-state index contributed by atoms with van der Waals surface area (Å²) >= 11 is 0. The molecule has 0 saturated carbocycles. The van der Waals surface area contributed by atoms with Crippen molar-refractivity contribution in [2.24, 2.45) is 0 Å². The van der Waals surface area contributed by atoms with Gasteiger partial charge in [-0.25, -0.2) is 0 Å². The van der Waals surface area contributed by atoms with Crippen LogP contribution in [0, 0.1) is 0 Å². The van der Waals surface area contributed by atoms with Crippen LogP contribution in [-0.2, 0) is 57.2 Å². The molecule has 6 fully saturated rings. The lowest BCUT2D eigenvalue weighted by atomic mass is 9.81. The Morgan fingerprint density at radius 3 is 0.583 bits per heavy atom. The maximum Gasteiger partial charge on any atom is 0.307 e. The van der Waals surface area contributed by atoms with E-state index in [1.165, 1.54) is 0 Å². The molecule has 6 aliphatic rings. The van der Waals surface area contributed by atoms with Crippen LogP contribution in [-0.4, -0.2) is 236 Å². The van der Waals surface area contributed by atoms with Crippen molar-refractivity contribution in [3.8, 4) is 0 Å². The van der Waals surface area contributed by atoms with E-state index in [1.54, 1.807) is 0 Å². The zero-order valence-electron chi connectivity index (χ0n) is 70.0. The highest BCUT2D eigenvalue weighted by Crippen LogP contribution is 2.37. The highest BCUT2D eigenvalue weighted by atomic mass is 16.6. The van der Waals surface area contributed by atoms with Crippen LogP contribution in [0.25, 0.3) is 0 Å². The first kappa shape index (κ1) is 88.3. The fourth-order valence-corrected chi connectivity index (χ4v) is 20.0. The highest BCUT2D eigenvalue weighted by Gasteiger charge is 2.46. The van der Waals surface area contributed by atoms with Crippen molar-refractivity contribution in [1.82, 2.24) is 51.5 Å². The molecule has 3 unspecified atom stereocenters. The smallest absolute Gasteiger partial charge is 0.307 e. The van der Waals surface area contributed by atoms with Gasteiger partial charge in [0, 0.05) is 221 Å². The van der Waals surface area contributed by atoms with Gasteiger partial charge in [0.25, 0.3) is 0 Å². The van der Waals surface area contributed by atoms with Crippen molar-refractivity contribution in [2.45, 2.75) is 424 Å². The Hall–Kier alpha value is -3.58. The van der Waals surface area contributed by atoms with Crippen molar-refractivity contribution in [3.05, 3.63) is 0 Å². The summed E-state index contributed by atoms with van der Waals surface area (Å²) in [5.74, 6) is -1.75. The van der Waals surface area contributed by atoms with Crippen LogP contribution in [0.2, 0.25) is 0 Å². The van der Waals surface area contributed by atoms with Gasteiger partial charge in [0.15, 0.2) is 0 Å². The molecular weight excluding hydrogens is 1300 g/mol. The summed E-state index contributed by atoms with van der Waals surface area (Å²) in [5, 5.41) is 22.2. The molecule has 6 heterocycles. The van der Waals surface area contributed by atoms with Gasteiger partial charge in [-0.15, -0.1) is 0 Å². The van der Waals surface area contributed by atoms with E-state index in [9.17, 15) is 28.8 Å². The number of nitrogens with zero attached hydrogens (tertiary/aromatic N) is 4. The maximum atomic E-state index is 14.4. The minimum absolute atomic E-state index is 0.105. The SMILES string of the molecule is CC(CN(CCC(=O)OC1CC(C)(C)NC(C)(C)C1)C(C)CN(CCC(=O)OC1CC(C)(C)NC(C)(C)C1)C(C)CN(CCC(=O)OC1CC(C)(C)NC(C)(C)C1)CCC(=O)OC1CC(C)(C)NC(C)(C)C1)N(CCC(=O)OC1CC(C)(C)NC(C)(C)C1)CCC(=O)OC1CC(C)(C)NC(C)(C)C1. The van der Waals surface area contributed by atoms with Gasteiger partial charge in [-0.3, -0.25) is 43.5 Å². The summed E-state index contributed by atoms with van der Waals surface area (Å²) in [4.78, 5) is 94.3. The Balaban J connectivity index is 1.32. The Labute approximate surface area is 624 Å². The molecule has 6 rings (SSSR count). The van der Waals surface area contributed by atoms with Crippen LogP contribution in [0.4, 0.5) is 0 Å². The Kier molecular flexibility index (Phi) is 29.6. The topological polar surface area (TPSA) is 243 Å². The van der Waals surface area contributed by atoms with E-state index < -0.39 is 0 Å². The molecule has 0 bridgehead atoms. The molecule has 3 atom stereocenters. The quantitative estimate of drug-likeness (QED) is 0.0264. The molecule has 0 amide bonds. The average molecular weight is 1460 g/mol. The second-order valence-electron chi connectivity index (χ2n) is 40.9. The molecule has 596 valence electrons. The van der Waals surface area contributed by atoms with Gasteiger partial charge in [-0.1, -0.05) is 0 Å². The molecule has 6 saturated heterocycles. The van der Waals surface area contributed by atoms with Gasteiger partial charge in [0.2, 0.25) is 0 Å². The lowest BCUT2D eigenvalue weighted by Crippen LogP contribution is -2.60. The van der Waals surface area contributed by atoms with Gasteiger partial charge in [0.05, 0.1) is 38.5 Å². The van der Waals surface area contributed by atoms with E-state index in [2.05, 4.69) is 238 Å². The van der Waals surface area contributed by atoms with Crippen molar-refractivity contribution < 1.29 is 57.2 Å². The molecule has 0 radical (unpaired) electrons. The third-order valence-electron chi connectivity index (χ3n) is 21.8. The molecule has 0 aliphatic carbocycles. The van der Waals surface area contributed by atoms with E-state index in [4.69, 9.17) is 28.4 Å². The molecule has 0 aromatic rings. The fourth-order valence-electron chi connectivity index (χ4n) is 20.0. The Bertz CT molecular complexity index is 2620. The van der Waals surface area contributed by atoms with E-state index >= 15 is 0 Å². The number of hydrogen-bond donors (Lipinski definition) is 6. The second kappa shape index (κ2) is 34.6. The predicted molar refractivity (Wildman–Crippen MR) is 410 cm³/mol. The number of nitrogens with one attached hydrogen (secondary N) is 6. The van der Waals surface area contributed by atoms with Crippen molar-refractivity contribution >= 4 is 35.8 Å². The van der Waals surface area contributed by atoms with Crippen LogP contribution in [0.15, 0.2) is 0 Å². The number of ether oxygens (including phenoxy) is 6. The second-order valence-corrected chi connectivity index (χ2v) is 40.9. The van der Waals surface area contributed by atoms with E-state index in [-0.39, 0.29) is 196 Å². The number of carbonyl (C=O) groups excluding carboxylic acids is 6. The summed E-state index contributed by atoms with van der Waals surface area (Å²) in [6.45, 7) is 61.1. The predicted octanol–water partition coefficient (Wildman–Crippen LogP) is 10.8. The van der Waals surface area contributed by atoms with E-state index in [0.29, 0.717) is 136 Å². The molecule has 0 aromatic carbocycles. The van der Waals surface area contributed by atoms with Crippen LogP contribution >= 0.6 is 0 Å². The standard InChI is InChI=1S/C81H150N10O12/c1-55(52-88(34-28-64(92)98-58-40-70(4,5)82-71(6,7)41-58)35-29-65(93)99-59-42-72(8,9)83-73(10,11)43-59)90(38-32-68(96)102-62-48-78(20,21)86-79(22,23)49-62)54-57(3)91(39-33-69(97)103-63-50-80(24,25)87-81(26,27)51-63)53-56(2)89(36-30-66(94)100-60-44-74(12,13)84-75(14,15)45-60)37-31-67(95)101-61-46-76(16,17)85-77(18,19)47-61/h55-63,82-87H,28-54H2,1-27H3. The van der Waals surface area contributed by atoms with E-state index in [0.717, 1.165) is 0 Å². The van der Waals surface area contributed by atoms with Gasteiger partial charge >= 0.3 is 35.8 Å². The average Bonchev–Trinajstić information content (AvgIpc) is 0.842. The fraction of sp³-hybridized carbons (Fsp3) is 0.926. The third-order valence-corrected chi connectivity index (χ3v) is 21.8. The summed E-state index contributed by atoms with van der Waals surface area (Å²) in [7, 11) is 0. The summed E-state index contributed by atoms with van der Waals surface area (Å²) in [5.41, 5.74) is -2.80. The third kappa shape index (κ3) is 31.5. The van der Waals surface area contributed by atoms with E-state index in [1.807, 2.05) is 0 Å². The summed E-state index contributed by atoms with van der Waals surface area (Å²) in [6, 6.07) is -0.744. The zero-order valence-corrected chi connectivity index (χ0v) is 70.0. The van der Waals surface area contributed by atoms with Crippen molar-refractivity contribution in [2.75, 3.05) is 58.9 Å². The molecule has 0 aromatic heterocycles. The lowest BCUT2D eigenvalue weighted by Gasteiger charge is -2.46. The number of carbonyl (C=O) groups is 6. The number of hydrogen-bond acceptors (Lipinski definition) is 22. The van der Waals surface area contributed by atoms with Gasteiger partial charge < -0.3 is 65.2 Å². The molecular formula is C81H150N10O12. The van der Waals surface area contributed by atoms with Crippen LogP contribution in [0.3, 0.4) is 0 Å². The lowest BCUT2D eigenvalue weighted by molar-refractivity contribution is -0.156. The first-order chi connectivity index (χ1) is 46.8. The highest BCUT2D eigenvalue weighted by molar-refractivity contribution is 5.72. The monoisotopic (exact) mass is 1460 g/mol. The largest absolute Gasteiger partial charge is 0.462 e. The van der Waals surface area contributed by atoms with Gasteiger partial charge in [-0.05, 0) is 187 Å². The summed E-state index contributed by atoms with van der Waals surface area (Å²) < 4.78 is 38.0. The van der Waals surface area contributed by atoms with Crippen molar-refractivity contribution in [3.63, 3.8) is 0 Å². The molecule has 6 aliphatic heterocycles. The minimum Gasteiger partial charge on any atom is -0.462 e. The molecule has 22 heteroatoms. The van der Waals surface area contributed by atoms with Crippen molar-refractivity contribution in [1.29, 1.82) is 0 Å². The Morgan fingerprint density at radius 2 is 0.398 bits per heavy atom. The van der Waals surface area contributed by atoms with Crippen LogP contribution in [0.1, 0.15) is 303 Å². The number of piperidine rings is 6. The molecule has 22 nitrogen and oxygen atoms in total. The normalized spacial score (nSPS) is 25.3. The number of rotatable bonds is 33. The Morgan fingerprint density at radius 1 is 0.252 bits per heavy atom. The van der Waals surface area contributed by atoms with Crippen LogP contribution in [0.5, 0.6) is 0 Å². The number of esters is 6. The van der Waals surface area contributed by atoms with Crippen LogP contribution < -0.4 is 31.9 Å². The maximum absolute atomic E-state index is 14.4. The summed E-state index contributed by atoms with van der Waals surface area (Å²) in [6.07, 6.45) is 7.18. The van der Waals surface area contributed by atoms with Gasteiger partial charge in [0.1, 0.15) is 36.6 Å². The van der Waals surface area contributed by atoms with Gasteiger partial charge in [-0.2, -0.15) is 0 Å². The minimum atomic E-state index is -0.294. The first-order valence-corrected chi connectivity index (χ1v) is 39.7. The zero-order chi connectivity index (χ0) is 77.5. The molecule has 103 heavy (non-hydrogen) atoms. The molecule has 0 spiro atoms.